The number of nitrogens with zero attached hydrogens (tertiary/aromatic N) is 2. The van der Waals surface area contributed by atoms with Gasteiger partial charge in [0.1, 0.15) is 0 Å². The van der Waals surface area contributed by atoms with Crippen molar-refractivity contribution in [3.63, 3.8) is 0 Å². The molecule has 1 aliphatic rings. The van der Waals surface area contributed by atoms with Crippen molar-refractivity contribution in [1.29, 1.82) is 5.26 Å². The van der Waals surface area contributed by atoms with Gasteiger partial charge < -0.3 is 5.11 Å². The van der Waals surface area contributed by atoms with Gasteiger partial charge in [0.2, 0.25) is 0 Å². The Labute approximate surface area is 100 Å². The molecule has 0 spiro atoms. The first-order valence-electron chi connectivity index (χ1n) is 5.64. The molecule has 0 aliphatic heterocycles. The number of benzene rings is 1. The molecule has 0 atom stereocenters. The van der Waals surface area contributed by atoms with E-state index in [4.69, 9.17) is 10.4 Å². The van der Waals surface area contributed by atoms with Crippen LogP contribution in [0.2, 0.25) is 0 Å². The Kier molecular flexibility index (Phi) is 3.40. The number of carbonyl (C=O) groups is 1. The molecule has 0 saturated heterocycles. The average Bonchev–Trinajstić information content (AvgIpc) is 3.12. The second-order valence-electron chi connectivity index (χ2n) is 4.30. The monoisotopic (exact) mass is 230 g/mol. The fourth-order valence-electron chi connectivity index (χ4n) is 1.91. The SMILES string of the molecule is N#Cc1ccccc1CN(CC(=O)O)C1CC1. The second-order valence-corrected chi connectivity index (χ2v) is 4.30. The molecule has 1 aromatic carbocycles. The highest BCUT2D eigenvalue weighted by atomic mass is 16.4. The highest BCUT2D eigenvalue weighted by molar-refractivity contribution is 5.69. The molecule has 0 amide bonds. The smallest absolute Gasteiger partial charge is 0.317 e. The number of hydrogen-bond acceptors (Lipinski definition) is 3. The molecule has 4 heteroatoms. The molecule has 1 aromatic rings. The number of rotatable bonds is 5. The Morgan fingerprint density at radius 1 is 1.47 bits per heavy atom. The van der Waals surface area contributed by atoms with Gasteiger partial charge in [-0.15, -0.1) is 0 Å². The lowest BCUT2D eigenvalue weighted by Crippen LogP contribution is -2.31. The number of aliphatic carboxylic acids is 1. The maximum atomic E-state index is 10.8. The fraction of sp³-hybridized carbons (Fsp3) is 0.385. The molecule has 88 valence electrons. The minimum absolute atomic E-state index is 0.0461. The zero-order chi connectivity index (χ0) is 12.3. The average molecular weight is 230 g/mol. The largest absolute Gasteiger partial charge is 0.480 e. The van der Waals surface area contributed by atoms with E-state index in [0.29, 0.717) is 18.2 Å². The van der Waals surface area contributed by atoms with Gasteiger partial charge in [-0.05, 0) is 24.5 Å². The molecule has 1 saturated carbocycles. The van der Waals surface area contributed by atoms with E-state index in [9.17, 15) is 4.79 Å². The molecule has 17 heavy (non-hydrogen) atoms. The van der Waals surface area contributed by atoms with Crippen LogP contribution in [0.5, 0.6) is 0 Å². The lowest BCUT2D eigenvalue weighted by molar-refractivity contribution is -0.138. The first-order chi connectivity index (χ1) is 8.20. The van der Waals surface area contributed by atoms with E-state index < -0.39 is 5.97 Å². The summed E-state index contributed by atoms with van der Waals surface area (Å²) in [7, 11) is 0. The summed E-state index contributed by atoms with van der Waals surface area (Å²) in [5, 5.41) is 17.8. The van der Waals surface area contributed by atoms with Crippen molar-refractivity contribution in [2.75, 3.05) is 6.54 Å². The lowest BCUT2D eigenvalue weighted by Gasteiger charge is -2.20. The van der Waals surface area contributed by atoms with E-state index in [2.05, 4.69) is 6.07 Å². The van der Waals surface area contributed by atoms with Crippen LogP contribution in [0, 0.1) is 11.3 Å². The van der Waals surface area contributed by atoms with Crippen LogP contribution in [0.1, 0.15) is 24.0 Å². The molecule has 4 nitrogen and oxygen atoms in total. The van der Waals surface area contributed by atoms with Gasteiger partial charge in [0.15, 0.2) is 0 Å². The summed E-state index contributed by atoms with van der Waals surface area (Å²) in [6.45, 7) is 0.588. The Balaban J connectivity index is 2.11. The van der Waals surface area contributed by atoms with Crippen LogP contribution in [-0.2, 0) is 11.3 Å². The molecular weight excluding hydrogens is 216 g/mol. The summed E-state index contributed by atoms with van der Waals surface area (Å²) < 4.78 is 0. The summed E-state index contributed by atoms with van der Waals surface area (Å²) in [5.74, 6) is -0.814. The normalized spacial score (nSPS) is 14.6. The highest BCUT2D eigenvalue weighted by Crippen LogP contribution is 2.28. The Morgan fingerprint density at radius 3 is 2.76 bits per heavy atom. The zero-order valence-electron chi connectivity index (χ0n) is 9.47. The number of hydrogen-bond donors (Lipinski definition) is 1. The molecule has 1 fully saturated rings. The molecule has 1 N–H and O–H groups in total. The predicted octanol–water partition coefficient (Wildman–Crippen LogP) is 1.61. The van der Waals surface area contributed by atoms with Gasteiger partial charge in [-0.2, -0.15) is 5.26 Å². The first-order valence-corrected chi connectivity index (χ1v) is 5.64. The van der Waals surface area contributed by atoms with E-state index >= 15 is 0 Å². The Hall–Kier alpha value is -1.86. The minimum atomic E-state index is -0.814. The van der Waals surface area contributed by atoms with Crippen LogP contribution in [0.25, 0.3) is 0 Å². The number of carboxylic acids is 1. The number of nitriles is 1. The third kappa shape index (κ3) is 3.05. The van der Waals surface area contributed by atoms with Crippen molar-refractivity contribution in [3.8, 4) is 6.07 Å². The maximum absolute atomic E-state index is 10.8. The Bertz CT molecular complexity index is 461. The van der Waals surface area contributed by atoms with Crippen molar-refractivity contribution in [3.05, 3.63) is 35.4 Å². The molecule has 0 bridgehead atoms. The Morgan fingerprint density at radius 2 is 2.18 bits per heavy atom. The third-order valence-electron chi connectivity index (χ3n) is 2.91. The van der Waals surface area contributed by atoms with Gasteiger partial charge in [0, 0.05) is 12.6 Å². The van der Waals surface area contributed by atoms with Crippen LogP contribution in [0.15, 0.2) is 24.3 Å². The summed E-state index contributed by atoms with van der Waals surface area (Å²) in [6, 6.07) is 9.86. The summed E-state index contributed by atoms with van der Waals surface area (Å²) in [4.78, 5) is 12.7. The topological polar surface area (TPSA) is 64.3 Å². The molecule has 0 unspecified atom stereocenters. The highest BCUT2D eigenvalue weighted by Gasteiger charge is 2.30. The zero-order valence-corrected chi connectivity index (χ0v) is 9.47. The van der Waals surface area contributed by atoms with Gasteiger partial charge in [-0.1, -0.05) is 18.2 Å². The van der Waals surface area contributed by atoms with Gasteiger partial charge in [-0.3, -0.25) is 9.69 Å². The second kappa shape index (κ2) is 4.98. The van der Waals surface area contributed by atoms with E-state index in [1.807, 2.05) is 23.1 Å². The summed E-state index contributed by atoms with van der Waals surface area (Å²) in [6.07, 6.45) is 2.12. The quantitative estimate of drug-likeness (QED) is 0.834. The van der Waals surface area contributed by atoms with Gasteiger partial charge in [0.05, 0.1) is 18.2 Å². The summed E-state index contributed by atoms with van der Waals surface area (Å²) >= 11 is 0. The van der Waals surface area contributed by atoms with Crippen LogP contribution in [0.4, 0.5) is 0 Å². The molecule has 0 radical (unpaired) electrons. The molecule has 2 rings (SSSR count). The summed E-state index contributed by atoms with van der Waals surface area (Å²) in [5.41, 5.74) is 1.53. The van der Waals surface area contributed by atoms with Gasteiger partial charge >= 0.3 is 5.97 Å². The van der Waals surface area contributed by atoms with E-state index in [1.54, 1.807) is 6.07 Å². The van der Waals surface area contributed by atoms with Crippen molar-refractivity contribution in [2.45, 2.75) is 25.4 Å². The third-order valence-corrected chi connectivity index (χ3v) is 2.91. The first kappa shape index (κ1) is 11.6. The predicted molar refractivity (Wildman–Crippen MR) is 62.2 cm³/mol. The van der Waals surface area contributed by atoms with E-state index in [-0.39, 0.29) is 6.54 Å². The fourth-order valence-corrected chi connectivity index (χ4v) is 1.91. The van der Waals surface area contributed by atoms with Crippen molar-refractivity contribution >= 4 is 5.97 Å². The van der Waals surface area contributed by atoms with Crippen molar-refractivity contribution < 1.29 is 9.90 Å². The van der Waals surface area contributed by atoms with Gasteiger partial charge in [0.25, 0.3) is 0 Å². The van der Waals surface area contributed by atoms with E-state index in [0.717, 1.165) is 18.4 Å². The van der Waals surface area contributed by atoms with Gasteiger partial charge in [-0.25, -0.2) is 0 Å². The molecule has 0 aromatic heterocycles. The van der Waals surface area contributed by atoms with Crippen LogP contribution in [-0.4, -0.2) is 28.6 Å². The van der Waals surface area contributed by atoms with E-state index in [1.165, 1.54) is 0 Å². The maximum Gasteiger partial charge on any atom is 0.317 e. The molecular formula is C13H14N2O2. The molecule has 1 aliphatic carbocycles. The van der Waals surface area contributed by atoms with Crippen molar-refractivity contribution in [2.24, 2.45) is 0 Å². The standard InChI is InChI=1S/C13H14N2O2/c14-7-10-3-1-2-4-11(10)8-15(9-13(16)17)12-5-6-12/h1-4,12H,5-6,8-9H2,(H,16,17). The minimum Gasteiger partial charge on any atom is -0.480 e. The lowest BCUT2D eigenvalue weighted by atomic mass is 10.1. The van der Waals surface area contributed by atoms with Crippen LogP contribution >= 0.6 is 0 Å². The number of carboxylic acid groups (broad SMARTS) is 1. The molecule has 0 heterocycles. The van der Waals surface area contributed by atoms with Crippen LogP contribution < -0.4 is 0 Å². The van der Waals surface area contributed by atoms with Crippen LogP contribution in [0.3, 0.4) is 0 Å². The van der Waals surface area contributed by atoms with Crippen molar-refractivity contribution in [1.82, 2.24) is 4.90 Å².